The van der Waals surface area contributed by atoms with Gasteiger partial charge < -0.3 is 9.84 Å². The van der Waals surface area contributed by atoms with Gasteiger partial charge in [-0.05, 0) is 18.9 Å². The van der Waals surface area contributed by atoms with E-state index in [0.29, 0.717) is 6.61 Å². The minimum absolute atomic E-state index is 0.109. The molecule has 0 amide bonds. The van der Waals surface area contributed by atoms with Crippen LogP contribution in [0.4, 0.5) is 0 Å². The second-order valence-electron chi connectivity index (χ2n) is 3.80. The van der Waals surface area contributed by atoms with Crippen LogP contribution in [0.2, 0.25) is 0 Å². The predicted octanol–water partition coefficient (Wildman–Crippen LogP) is 1.01. The minimum atomic E-state index is -0.978. The molecule has 1 aromatic rings. The highest BCUT2D eigenvalue weighted by Gasteiger charge is 2.21. The van der Waals surface area contributed by atoms with Crippen LogP contribution < -0.4 is 0 Å². The van der Waals surface area contributed by atoms with Gasteiger partial charge in [-0.15, -0.1) is 0 Å². The lowest BCUT2D eigenvalue weighted by molar-refractivity contribution is 0.0689. The monoisotopic (exact) mass is 210 g/mol. The summed E-state index contributed by atoms with van der Waals surface area (Å²) in [5.74, 6) is -0.696. The molecule has 15 heavy (non-hydrogen) atoms. The van der Waals surface area contributed by atoms with E-state index in [1.807, 2.05) is 0 Å². The Morgan fingerprint density at radius 1 is 1.73 bits per heavy atom. The molecule has 0 saturated carbocycles. The summed E-state index contributed by atoms with van der Waals surface area (Å²) >= 11 is 0. The predicted molar refractivity (Wildman–Crippen MR) is 53.0 cm³/mol. The molecule has 1 N–H and O–H groups in total. The van der Waals surface area contributed by atoms with Crippen LogP contribution in [0.1, 0.15) is 34.9 Å². The Balaban J connectivity index is 2.22. The molecule has 0 aromatic carbocycles. The molecule has 0 radical (unpaired) electrons. The fourth-order valence-corrected chi connectivity index (χ4v) is 1.94. The van der Waals surface area contributed by atoms with Gasteiger partial charge in [0.25, 0.3) is 0 Å². The van der Waals surface area contributed by atoms with Crippen molar-refractivity contribution in [2.45, 2.75) is 18.8 Å². The lowest BCUT2D eigenvalue weighted by Gasteiger charge is -2.21. The van der Waals surface area contributed by atoms with Gasteiger partial charge in [0.2, 0.25) is 0 Å². The van der Waals surface area contributed by atoms with Gasteiger partial charge in [0.15, 0.2) is 5.69 Å². The molecule has 0 bridgehead atoms. The maximum Gasteiger partial charge on any atom is 0.356 e. The maximum atomic E-state index is 10.7. The molecular weight excluding hydrogens is 196 g/mol. The van der Waals surface area contributed by atoms with E-state index >= 15 is 0 Å². The fraction of sp³-hybridized carbons (Fsp3) is 0.600. The average Bonchev–Trinajstić information content (AvgIpc) is 2.62. The molecular formula is C10H14N2O3. The van der Waals surface area contributed by atoms with Gasteiger partial charge in [-0.3, -0.25) is 4.68 Å². The molecule has 2 rings (SSSR count). The van der Waals surface area contributed by atoms with Gasteiger partial charge in [0.1, 0.15) is 0 Å². The Kier molecular flexibility index (Phi) is 2.73. The van der Waals surface area contributed by atoms with E-state index < -0.39 is 5.97 Å². The summed E-state index contributed by atoms with van der Waals surface area (Å²) in [6.45, 7) is 1.47. The fourth-order valence-electron chi connectivity index (χ4n) is 1.94. The maximum absolute atomic E-state index is 10.7. The smallest absolute Gasteiger partial charge is 0.356 e. The molecule has 1 aliphatic rings. The van der Waals surface area contributed by atoms with Crippen LogP contribution in [0.25, 0.3) is 0 Å². The number of carboxylic acids is 1. The molecule has 1 aliphatic heterocycles. The Morgan fingerprint density at radius 3 is 3.07 bits per heavy atom. The van der Waals surface area contributed by atoms with E-state index in [9.17, 15) is 4.79 Å². The zero-order chi connectivity index (χ0) is 10.8. The first kappa shape index (κ1) is 10.2. The molecule has 1 aromatic heterocycles. The summed E-state index contributed by atoms with van der Waals surface area (Å²) in [7, 11) is 1.77. The van der Waals surface area contributed by atoms with Crippen LogP contribution in [0.5, 0.6) is 0 Å². The topological polar surface area (TPSA) is 64.4 Å². The molecule has 1 atom stereocenters. The van der Waals surface area contributed by atoms with Gasteiger partial charge in [0.05, 0.1) is 6.61 Å². The molecule has 0 aliphatic carbocycles. The summed E-state index contributed by atoms with van der Waals surface area (Å²) in [5.41, 5.74) is 1.06. The van der Waals surface area contributed by atoms with Crippen molar-refractivity contribution in [1.29, 1.82) is 0 Å². The summed E-state index contributed by atoms with van der Waals surface area (Å²) in [6, 6.07) is 1.64. The van der Waals surface area contributed by atoms with E-state index in [1.54, 1.807) is 17.8 Å². The highest BCUT2D eigenvalue weighted by molar-refractivity contribution is 5.85. The van der Waals surface area contributed by atoms with Crippen molar-refractivity contribution in [1.82, 2.24) is 9.78 Å². The van der Waals surface area contributed by atoms with Crippen molar-refractivity contribution < 1.29 is 14.6 Å². The molecule has 0 spiro atoms. The van der Waals surface area contributed by atoms with Crippen LogP contribution >= 0.6 is 0 Å². The third-order valence-electron chi connectivity index (χ3n) is 2.71. The standard InChI is InChI=1S/C10H14N2O3/c1-12-9(5-8(11-12)10(13)14)7-3-2-4-15-6-7/h5,7H,2-4,6H2,1H3,(H,13,14). The number of aryl methyl sites for hydroxylation is 1. The van der Waals surface area contributed by atoms with E-state index in [2.05, 4.69) is 5.10 Å². The number of carbonyl (C=O) groups is 1. The molecule has 1 unspecified atom stereocenters. The number of nitrogens with zero attached hydrogens (tertiary/aromatic N) is 2. The van der Waals surface area contributed by atoms with Crippen molar-refractivity contribution in [2.24, 2.45) is 7.05 Å². The quantitative estimate of drug-likeness (QED) is 0.791. The van der Waals surface area contributed by atoms with Crippen molar-refractivity contribution >= 4 is 5.97 Å². The minimum Gasteiger partial charge on any atom is -0.476 e. The lowest BCUT2D eigenvalue weighted by atomic mass is 9.98. The molecule has 5 heteroatoms. The number of aromatic nitrogens is 2. The average molecular weight is 210 g/mol. The second kappa shape index (κ2) is 4.02. The van der Waals surface area contributed by atoms with Crippen LogP contribution in [0.15, 0.2) is 6.07 Å². The van der Waals surface area contributed by atoms with Crippen molar-refractivity contribution in [3.05, 3.63) is 17.5 Å². The zero-order valence-corrected chi connectivity index (χ0v) is 8.64. The number of rotatable bonds is 2. The first-order valence-corrected chi connectivity index (χ1v) is 5.03. The van der Waals surface area contributed by atoms with Crippen molar-refractivity contribution in [3.8, 4) is 0 Å². The summed E-state index contributed by atoms with van der Waals surface area (Å²) in [6.07, 6.45) is 2.07. The van der Waals surface area contributed by atoms with Crippen LogP contribution in [0, 0.1) is 0 Å². The molecule has 1 fully saturated rings. The summed E-state index contributed by atoms with van der Waals surface area (Å²) in [4.78, 5) is 10.7. The number of hydrogen-bond donors (Lipinski definition) is 1. The van der Waals surface area contributed by atoms with Crippen LogP contribution in [-0.4, -0.2) is 34.1 Å². The third-order valence-corrected chi connectivity index (χ3v) is 2.71. The lowest BCUT2D eigenvalue weighted by Crippen LogP contribution is -2.17. The Bertz CT molecular complexity index is 367. The first-order valence-electron chi connectivity index (χ1n) is 5.03. The largest absolute Gasteiger partial charge is 0.476 e. The zero-order valence-electron chi connectivity index (χ0n) is 8.64. The van der Waals surface area contributed by atoms with E-state index in [1.165, 1.54) is 0 Å². The third kappa shape index (κ3) is 2.02. The normalized spacial score (nSPS) is 21.5. The summed E-state index contributed by atoms with van der Waals surface area (Å²) < 4.78 is 7.01. The highest BCUT2D eigenvalue weighted by Crippen LogP contribution is 2.25. The first-order chi connectivity index (χ1) is 7.18. The van der Waals surface area contributed by atoms with Gasteiger partial charge in [0, 0.05) is 25.3 Å². The number of ether oxygens (including phenoxy) is 1. The molecule has 2 heterocycles. The Labute approximate surface area is 87.7 Å². The van der Waals surface area contributed by atoms with Gasteiger partial charge in [-0.25, -0.2) is 4.79 Å². The molecule has 82 valence electrons. The number of carboxylic acid groups (broad SMARTS) is 1. The van der Waals surface area contributed by atoms with E-state index in [0.717, 1.165) is 25.1 Å². The van der Waals surface area contributed by atoms with Gasteiger partial charge in [-0.2, -0.15) is 5.10 Å². The van der Waals surface area contributed by atoms with E-state index in [4.69, 9.17) is 9.84 Å². The Hall–Kier alpha value is -1.36. The van der Waals surface area contributed by atoms with Gasteiger partial charge in [-0.1, -0.05) is 0 Å². The highest BCUT2D eigenvalue weighted by atomic mass is 16.5. The van der Waals surface area contributed by atoms with Crippen LogP contribution in [-0.2, 0) is 11.8 Å². The summed E-state index contributed by atoms with van der Waals surface area (Å²) in [5, 5.41) is 12.8. The molecule has 1 saturated heterocycles. The van der Waals surface area contributed by atoms with E-state index in [-0.39, 0.29) is 11.6 Å². The number of aromatic carboxylic acids is 1. The molecule has 5 nitrogen and oxygen atoms in total. The van der Waals surface area contributed by atoms with Gasteiger partial charge >= 0.3 is 5.97 Å². The van der Waals surface area contributed by atoms with Crippen molar-refractivity contribution in [3.63, 3.8) is 0 Å². The van der Waals surface area contributed by atoms with Crippen LogP contribution in [0.3, 0.4) is 0 Å². The SMILES string of the molecule is Cn1nc(C(=O)O)cc1C1CCCOC1. The second-order valence-corrected chi connectivity index (χ2v) is 3.80. The van der Waals surface area contributed by atoms with Crippen molar-refractivity contribution in [2.75, 3.05) is 13.2 Å². The Morgan fingerprint density at radius 2 is 2.53 bits per heavy atom. The number of hydrogen-bond acceptors (Lipinski definition) is 3.